The first-order valence-corrected chi connectivity index (χ1v) is 10.5. The highest BCUT2D eigenvalue weighted by atomic mass is 19.1. The summed E-state index contributed by atoms with van der Waals surface area (Å²) in [5, 5.41) is 3.25. The largest absolute Gasteiger partial charge is 0.385 e. The van der Waals surface area contributed by atoms with Crippen molar-refractivity contribution in [3.05, 3.63) is 82.6 Å². The predicted molar refractivity (Wildman–Crippen MR) is 116 cm³/mol. The van der Waals surface area contributed by atoms with Crippen molar-refractivity contribution < 1.29 is 4.39 Å². The van der Waals surface area contributed by atoms with Gasteiger partial charge in [0.2, 0.25) is 0 Å². The number of unbranched alkanes of at least 4 members (excludes halogenated alkanes) is 2. The second-order valence-corrected chi connectivity index (χ2v) is 8.08. The average molecular weight is 381 g/mol. The van der Waals surface area contributed by atoms with Crippen molar-refractivity contribution in [2.24, 2.45) is 0 Å². The van der Waals surface area contributed by atoms with E-state index < -0.39 is 6.17 Å². The van der Waals surface area contributed by atoms with Crippen molar-refractivity contribution in [2.75, 3.05) is 6.54 Å². The number of rotatable bonds is 9. The standard InChI is InChI=1S/C25H33FN2/c1-4-5-6-7-20-12-13-23-17-28(18-25(26)24(23)14-20)16-22-10-8-21(9-11-22)15-27-19(2)3/h8-14,25,27H,2,4-7,15-18H2,1,3H3. The van der Waals surface area contributed by atoms with E-state index in [-0.39, 0.29) is 0 Å². The van der Waals surface area contributed by atoms with Crippen LogP contribution in [0.5, 0.6) is 0 Å². The first kappa shape index (κ1) is 20.6. The molecule has 0 aliphatic carbocycles. The van der Waals surface area contributed by atoms with E-state index in [0.717, 1.165) is 42.9 Å². The van der Waals surface area contributed by atoms with Crippen molar-refractivity contribution in [1.82, 2.24) is 10.2 Å². The van der Waals surface area contributed by atoms with Gasteiger partial charge < -0.3 is 5.32 Å². The molecule has 1 atom stereocenters. The van der Waals surface area contributed by atoms with Gasteiger partial charge in [0.05, 0.1) is 0 Å². The molecular weight excluding hydrogens is 347 g/mol. The third-order valence-corrected chi connectivity index (χ3v) is 5.45. The van der Waals surface area contributed by atoms with Crippen molar-refractivity contribution in [3.8, 4) is 0 Å². The predicted octanol–water partition coefficient (Wildman–Crippen LogP) is 6.07. The number of hydrogen-bond donors (Lipinski definition) is 1. The molecule has 1 heterocycles. The summed E-state index contributed by atoms with van der Waals surface area (Å²) in [7, 11) is 0. The summed E-state index contributed by atoms with van der Waals surface area (Å²) < 4.78 is 14.9. The van der Waals surface area contributed by atoms with E-state index in [2.05, 4.69) is 66.2 Å². The van der Waals surface area contributed by atoms with Gasteiger partial charge in [-0.25, -0.2) is 4.39 Å². The van der Waals surface area contributed by atoms with Crippen LogP contribution in [0.15, 0.2) is 54.7 Å². The Hall–Kier alpha value is -2.13. The molecule has 0 radical (unpaired) electrons. The molecule has 1 unspecified atom stereocenters. The minimum atomic E-state index is -0.895. The Balaban J connectivity index is 1.60. The lowest BCUT2D eigenvalue weighted by molar-refractivity contribution is 0.158. The van der Waals surface area contributed by atoms with Crippen LogP contribution in [0.2, 0.25) is 0 Å². The number of aryl methyl sites for hydroxylation is 1. The van der Waals surface area contributed by atoms with Gasteiger partial charge in [-0.05, 0) is 47.6 Å². The van der Waals surface area contributed by atoms with Crippen molar-refractivity contribution in [2.45, 2.75) is 65.3 Å². The van der Waals surface area contributed by atoms with Gasteiger partial charge in [0.25, 0.3) is 0 Å². The lowest BCUT2D eigenvalue weighted by atomic mass is 9.94. The Morgan fingerprint density at radius 1 is 1.11 bits per heavy atom. The highest BCUT2D eigenvalue weighted by Gasteiger charge is 2.25. The van der Waals surface area contributed by atoms with Gasteiger partial charge >= 0.3 is 0 Å². The fraction of sp³-hybridized carbons (Fsp3) is 0.440. The number of benzene rings is 2. The van der Waals surface area contributed by atoms with E-state index in [0.29, 0.717) is 6.54 Å². The van der Waals surface area contributed by atoms with Gasteiger partial charge in [0.1, 0.15) is 6.17 Å². The van der Waals surface area contributed by atoms with E-state index in [4.69, 9.17) is 0 Å². The summed E-state index contributed by atoms with van der Waals surface area (Å²) in [4.78, 5) is 2.21. The van der Waals surface area contributed by atoms with Crippen LogP contribution in [0.25, 0.3) is 0 Å². The van der Waals surface area contributed by atoms with Crippen LogP contribution >= 0.6 is 0 Å². The lowest BCUT2D eigenvalue weighted by Gasteiger charge is -2.31. The molecule has 2 aromatic rings. The second-order valence-electron chi connectivity index (χ2n) is 8.08. The zero-order chi connectivity index (χ0) is 19.9. The monoisotopic (exact) mass is 380 g/mol. The van der Waals surface area contributed by atoms with E-state index in [1.165, 1.54) is 36.0 Å². The highest BCUT2D eigenvalue weighted by molar-refractivity contribution is 5.36. The molecule has 0 amide bonds. The van der Waals surface area contributed by atoms with E-state index >= 15 is 0 Å². The van der Waals surface area contributed by atoms with Gasteiger partial charge in [0, 0.05) is 31.9 Å². The quantitative estimate of drug-likeness (QED) is 0.531. The highest BCUT2D eigenvalue weighted by Crippen LogP contribution is 2.31. The Kier molecular flexibility index (Phi) is 7.27. The van der Waals surface area contributed by atoms with Crippen LogP contribution in [0.4, 0.5) is 4.39 Å². The number of nitrogens with one attached hydrogen (secondary N) is 1. The molecule has 1 N–H and O–H groups in total. The third kappa shape index (κ3) is 5.68. The summed E-state index contributed by atoms with van der Waals surface area (Å²) in [5.41, 5.74) is 6.76. The Morgan fingerprint density at radius 3 is 2.54 bits per heavy atom. The summed E-state index contributed by atoms with van der Waals surface area (Å²) >= 11 is 0. The average Bonchev–Trinajstić information content (AvgIpc) is 2.68. The molecule has 28 heavy (non-hydrogen) atoms. The molecule has 0 saturated heterocycles. The first-order chi connectivity index (χ1) is 13.5. The van der Waals surface area contributed by atoms with Crippen LogP contribution < -0.4 is 5.32 Å². The fourth-order valence-corrected chi connectivity index (χ4v) is 3.84. The molecule has 150 valence electrons. The number of alkyl halides is 1. The SMILES string of the molecule is C=C(C)NCc1ccc(CN2Cc3ccc(CCCCC)cc3C(F)C2)cc1. The maximum atomic E-state index is 14.9. The van der Waals surface area contributed by atoms with Crippen molar-refractivity contribution >= 4 is 0 Å². The number of halogens is 1. The van der Waals surface area contributed by atoms with Crippen molar-refractivity contribution in [1.29, 1.82) is 0 Å². The topological polar surface area (TPSA) is 15.3 Å². The molecule has 1 aliphatic heterocycles. The number of nitrogens with zero attached hydrogens (tertiary/aromatic N) is 1. The normalized spacial score (nSPS) is 16.6. The van der Waals surface area contributed by atoms with Crippen LogP contribution in [0.3, 0.4) is 0 Å². The molecule has 0 spiro atoms. The minimum absolute atomic E-state index is 0.477. The third-order valence-electron chi connectivity index (χ3n) is 5.45. The lowest BCUT2D eigenvalue weighted by Crippen LogP contribution is -2.31. The van der Waals surface area contributed by atoms with Gasteiger partial charge in [-0.15, -0.1) is 0 Å². The number of allylic oxidation sites excluding steroid dienone is 1. The molecule has 0 bridgehead atoms. The Bertz CT molecular complexity index is 782. The molecule has 0 saturated carbocycles. The molecule has 2 nitrogen and oxygen atoms in total. The number of hydrogen-bond acceptors (Lipinski definition) is 2. The number of fused-ring (bicyclic) bond motifs is 1. The zero-order valence-corrected chi connectivity index (χ0v) is 17.3. The van der Waals surface area contributed by atoms with Gasteiger partial charge in [-0.1, -0.05) is 68.8 Å². The maximum absolute atomic E-state index is 14.9. The molecule has 0 fully saturated rings. The molecule has 1 aliphatic rings. The van der Waals surface area contributed by atoms with Gasteiger partial charge in [-0.2, -0.15) is 0 Å². The molecule has 2 aromatic carbocycles. The van der Waals surface area contributed by atoms with Crippen LogP contribution in [0, 0.1) is 0 Å². The summed E-state index contributed by atoms with van der Waals surface area (Å²) in [5.74, 6) is 0. The minimum Gasteiger partial charge on any atom is -0.385 e. The molecular formula is C25H33FN2. The smallest absolute Gasteiger partial charge is 0.138 e. The van der Waals surface area contributed by atoms with Crippen LogP contribution in [-0.2, 0) is 26.1 Å². The summed E-state index contributed by atoms with van der Waals surface area (Å²) in [6.45, 7) is 10.9. The molecule has 0 aromatic heterocycles. The summed E-state index contributed by atoms with van der Waals surface area (Å²) in [6, 6.07) is 15.0. The van der Waals surface area contributed by atoms with Crippen molar-refractivity contribution in [3.63, 3.8) is 0 Å². The van der Waals surface area contributed by atoms with E-state index in [1.807, 2.05) is 6.92 Å². The Morgan fingerprint density at radius 2 is 1.82 bits per heavy atom. The maximum Gasteiger partial charge on any atom is 0.138 e. The first-order valence-electron chi connectivity index (χ1n) is 10.5. The molecule has 3 rings (SSSR count). The second kappa shape index (κ2) is 9.88. The fourth-order valence-electron chi connectivity index (χ4n) is 3.84. The zero-order valence-electron chi connectivity index (χ0n) is 17.3. The Labute approximate surface area is 169 Å². The van der Waals surface area contributed by atoms with E-state index in [9.17, 15) is 4.39 Å². The van der Waals surface area contributed by atoms with Crippen LogP contribution in [0.1, 0.15) is 67.1 Å². The van der Waals surface area contributed by atoms with Crippen LogP contribution in [-0.4, -0.2) is 11.4 Å². The van der Waals surface area contributed by atoms with E-state index in [1.54, 1.807) is 0 Å². The van der Waals surface area contributed by atoms with Gasteiger partial charge in [0.15, 0.2) is 0 Å². The molecule has 3 heteroatoms. The van der Waals surface area contributed by atoms with Gasteiger partial charge in [-0.3, -0.25) is 4.90 Å². The summed E-state index contributed by atoms with van der Waals surface area (Å²) in [6.07, 6.45) is 3.82.